The van der Waals surface area contributed by atoms with Crippen LogP contribution in [0.25, 0.3) is 0 Å². The fraction of sp³-hybridized carbons (Fsp3) is 0.500. The van der Waals surface area contributed by atoms with E-state index >= 15 is 0 Å². The van der Waals surface area contributed by atoms with Crippen molar-refractivity contribution < 1.29 is 9.90 Å². The fourth-order valence-corrected chi connectivity index (χ4v) is 1.51. The number of carboxylic acids is 1. The molecule has 0 unspecified atom stereocenters. The van der Waals surface area contributed by atoms with E-state index in [0.29, 0.717) is 0 Å². The molecule has 4 heteroatoms. The van der Waals surface area contributed by atoms with E-state index in [2.05, 4.69) is 0 Å². The van der Waals surface area contributed by atoms with Gasteiger partial charge in [0.15, 0.2) is 0 Å². The molecule has 0 saturated carbocycles. The number of aromatic nitrogens is 1. The van der Waals surface area contributed by atoms with Crippen molar-refractivity contribution in [3.63, 3.8) is 0 Å². The second kappa shape index (κ2) is 3.74. The van der Waals surface area contributed by atoms with Gasteiger partial charge in [-0.05, 0) is 19.9 Å². The smallest absolute Gasteiger partial charge is 0.323 e. The molecule has 0 radical (unpaired) electrons. The third-order valence-electron chi connectivity index (χ3n) is 2.53. The van der Waals surface area contributed by atoms with Crippen molar-refractivity contribution in [3.05, 3.63) is 17.5 Å². The number of hydrogen-bond acceptors (Lipinski definition) is 2. The monoisotopic (exact) mass is 196 g/mol. The Hall–Kier alpha value is -1.45. The van der Waals surface area contributed by atoms with E-state index in [1.807, 2.05) is 31.5 Å². The third kappa shape index (κ3) is 1.89. The summed E-state index contributed by atoms with van der Waals surface area (Å²) in [5.41, 5.74) is 3.20. The number of carboxylic acid groups (broad SMARTS) is 1. The van der Waals surface area contributed by atoms with Crippen molar-refractivity contribution >= 4 is 11.7 Å². The first-order valence-electron chi connectivity index (χ1n) is 4.49. The molecule has 0 aliphatic carbocycles. The molecule has 4 nitrogen and oxygen atoms in total. The van der Waals surface area contributed by atoms with Gasteiger partial charge in [-0.3, -0.25) is 4.79 Å². The van der Waals surface area contributed by atoms with Gasteiger partial charge in [-0.1, -0.05) is 0 Å². The number of nitrogens with zero attached hydrogens (tertiary/aromatic N) is 2. The van der Waals surface area contributed by atoms with Gasteiger partial charge in [0, 0.05) is 25.5 Å². The standard InChI is InChI=1S/C10H16N2O2/c1-7-5-9(8(2)12(7)4)11(3)6-10(13)14/h5H,6H2,1-4H3,(H,13,14). The van der Waals surface area contributed by atoms with Gasteiger partial charge in [0.2, 0.25) is 0 Å². The first-order chi connectivity index (χ1) is 6.43. The van der Waals surface area contributed by atoms with Gasteiger partial charge >= 0.3 is 5.97 Å². The molecule has 1 heterocycles. The maximum Gasteiger partial charge on any atom is 0.323 e. The van der Waals surface area contributed by atoms with Crippen LogP contribution >= 0.6 is 0 Å². The number of anilines is 1. The number of carbonyl (C=O) groups is 1. The van der Waals surface area contributed by atoms with Crippen molar-refractivity contribution in [2.45, 2.75) is 13.8 Å². The van der Waals surface area contributed by atoms with Crippen molar-refractivity contribution in [2.75, 3.05) is 18.5 Å². The molecule has 0 aromatic carbocycles. The van der Waals surface area contributed by atoms with Crippen LogP contribution in [0.1, 0.15) is 11.4 Å². The highest BCUT2D eigenvalue weighted by molar-refractivity contribution is 5.74. The summed E-state index contributed by atoms with van der Waals surface area (Å²) >= 11 is 0. The number of aryl methyl sites for hydroxylation is 1. The molecule has 1 aromatic rings. The van der Waals surface area contributed by atoms with Crippen LogP contribution in [0.3, 0.4) is 0 Å². The van der Waals surface area contributed by atoms with E-state index in [0.717, 1.165) is 17.1 Å². The van der Waals surface area contributed by atoms with E-state index in [9.17, 15) is 4.79 Å². The fourth-order valence-electron chi connectivity index (χ4n) is 1.51. The molecule has 1 aromatic heterocycles. The molecule has 0 aliphatic rings. The predicted octanol–water partition coefficient (Wildman–Crippen LogP) is 1.16. The first kappa shape index (κ1) is 10.6. The van der Waals surface area contributed by atoms with Gasteiger partial charge in [-0.2, -0.15) is 0 Å². The molecule has 1 rings (SSSR count). The predicted molar refractivity (Wildman–Crippen MR) is 55.8 cm³/mol. The van der Waals surface area contributed by atoms with Crippen LogP contribution in [0, 0.1) is 13.8 Å². The highest BCUT2D eigenvalue weighted by Crippen LogP contribution is 2.21. The summed E-state index contributed by atoms with van der Waals surface area (Å²) in [6.07, 6.45) is 0. The van der Waals surface area contributed by atoms with Crippen LogP contribution in [0.15, 0.2) is 6.07 Å². The van der Waals surface area contributed by atoms with E-state index in [1.54, 1.807) is 11.9 Å². The van der Waals surface area contributed by atoms with Gasteiger partial charge in [-0.15, -0.1) is 0 Å². The average molecular weight is 196 g/mol. The molecule has 0 amide bonds. The summed E-state index contributed by atoms with van der Waals surface area (Å²) < 4.78 is 2.05. The SMILES string of the molecule is Cc1cc(N(C)CC(=O)O)c(C)n1C. The normalized spacial score (nSPS) is 10.3. The van der Waals surface area contributed by atoms with Crippen molar-refractivity contribution in [1.82, 2.24) is 4.57 Å². The van der Waals surface area contributed by atoms with E-state index in [1.165, 1.54) is 0 Å². The summed E-state index contributed by atoms with van der Waals surface area (Å²) in [5, 5.41) is 8.66. The molecule has 1 N–H and O–H groups in total. The van der Waals surface area contributed by atoms with Gasteiger partial charge in [-0.25, -0.2) is 0 Å². The Labute approximate surface area is 83.8 Å². The maximum atomic E-state index is 10.5. The van der Waals surface area contributed by atoms with Crippen LogP contribution < -0.4 is 4.90 Å². The molecule has 78 valence electrons. The number of hydrogen-bond donors (Lipinski definition) is 1. The van der Waals surface area contributed by atoms with Crippen LogP contribution in [0.2, 0.25) is 0 Å². The highest BCUT2D eigenvalue weighted by atomic mass is 16.4. The quantitative estimate of drug-likeness (QED) is 0.789. The summed E-state index contributed by atoms with van der Waals surface area (Å²) in [5.74, 6) is -0.812. The zero-order valence-corrected chi connectivity index (χ0v) is 9.03. The van der Waals surface area contributed by atoms with Crippen molar-refractivity contribution in [1.29, 1.82) is 0 Å². The molecular formula is C10H16N2O2. The minimum Gasteiger partial charge on any atom is -0.480 e. The Morgan fingerprint density at radius 1 is 1.57 bits per heavy atom. The Balaban J connectivity index is 2.95. The topological polar surface area (TPSA) is 45.5 Å². The van der Waals surface area contributed by atoms with Gasteiger partial charge in [0.25, 0.3) is 0 Å². The largest absolute Gasteiger partial charge is 0.480 e. The van der Waals surface area contributed by atoms with Crippen molar-refractivity contribution in [3.8, 4) is 0 Å². The number of aliphatic carboxylic acids is 1. The van der Waals surface area contributed by atoms with E-state index in [-0.39, 0.29) is 6.54 Å². The lowest BCUT2D eigenvalue weighted by Gasteiger charge is -2.16. The molecule has 0 atom stereocenters. The molecule has 0 bridgehead atoms. The lowest BCUT2D eigenvalue weighted by atomic mass is 10.3. The van der Waals surface area contributed by atoms with Crippen LogP contribution in [0.4, 0.5) is 5.69 Å². The van der Waals surface area contributed by atoms with Crippen molar-refractivity contribution in [2.24, 2.45) is 7.05 Å². The minimum absolute atomic E-state index is 0.0320. The highest BCUT2D eigenvalue weighted by Gasteiger charge is 2.12. The summed E-state index contributed by atoms with van der Waals surface area (Å²) in [6.45, 7) is 4.02. The van der Waals surface area contributed by atoms with E-state index in [4.69, 9.17) is 5.11 Å². The maximum absolute atomic E-state index is 10.5. The van der Waals surface area contributed by atoms with E-state index < -0.39 is 5.97 Å². The second-order valence-corrected chi connectivity index (χ2v) is 3.57. The van der Waals surface area contributed by atoms with Gasteiger partial charge in [0.05, 0.1) is 5.69 Å². The molecule has 0 saturated heterocycles. The first-order valence-corrected chi connectivity index (χ1v) is 4.49. The molecule has 0 aliphatic heterocycles. The molecular weight excluding hydrogens is 180 g/mol. The van der Waals surface area contributed by atoms with Crippen LogP contribution in [-0.4, -0.2) is 29.2 Å². The Kier molecular flexibility index (Phi) is 2.84. The summed E-state index contributed by atoms with van der Waals surface area (Å²) in [7, 11) is 3.76. The zero-order valence-electron chi connectivity index (χ0n) is 9.03. The third-order valence-corrected chi connectivity index (χ3v) is 2.53. The second-order valence-electron chi connectivity index (χ2n) is 3.57. The number of likely N-dealkylation sites (N-methyl/N-ethyl adjacent to an activating group) is 1. The Bertz CT molecular complexity index is 355. The Morgan fingerprint density at radius 3 is 2.50 bits per heavy atom. The van der Waals surface area contributed by atoms with Crippen LogP contribution in [0.5, 0.6) is 0 Å². The summed E-state index contributed by atoms with van der Waals surface area (Å²) in [6, 6.07) is 2.00. The minimum atomic E-state index is -0.812. The zero-order chi connectivity index (χ0) is 10.9. The van der Waals surface area contributed by atoms with Crippen LogP contribution in [-0.2, 0) is 11.8 Å². The molecule has 14 heavy (non-hydrogen) atoms. The molecule has 0 fully saturated rings. The Morgan fingerprint density at radius 2 is 2.14 bits per heavy atom. The molecule has 0 spiro atoms. The summed E-state index contributed by atoms with van der Waals surface area (Å²) in [4.78, 5) is 12.3. The van der Waals surface area contributed by atoms with Gasteiger partial charge < -0.3 is 14.6 Å². The lowest BCUT2D eigenvalue weighted by molar-refractivity contribution is -0.135. The number of rotatable bonds is 3. The van der Waals surface area contributed by atoms with Gasteiger partial charge in [0.1, 0.15) is 6.54 Å². The lowest BCUT2D eigenvalue weighted by Crippen LogP contribution is -2.25. The average Bonchev–Trinajstić information content (AvgIpc) is 2.32.